The van der Waals surface area contributed by atoms with Gasteiger partial charge >= 0.3 is 6.09 Å². The average molecular weight is 535 g/mol. The lowest BCUT2D eigenvalue weighted by Gasteiger charge is -2.34. The van der Waals surface area contributed by atoms with Crippen LogP contribution in [-0.4, -0.2) is 64.8 Å². The molecule has 3 aliphatic rings. The number of carbonyl (C=O) groups excluding carboxylic acids is 5. The van der Waals surface area contributed by atoms with Gasteiger partial charge in [-0.15, -0.1) is 0 Å². The van der Waals surface area contributed by atoms with Crippen LogP contribution in [0.5, 0.6) is 0 Å². The van der Waals surface area contributed by atoms with Gasteiger partial charge in [-0.05, 0) is 50.9 Å². The van der Waals surface area contributed by atoms with Crippen LogP contribution in [-0.2, 0) is 23.9 Å². The van der Waals surface area contributed by atoms with Gasteiger partial charge in [-0.25, -0.2) is 4.79 Å². The summed E-state index contributed by atoms with van der Waals surface area (Å²) in [6.45, 7) is 9.82. The number of carbonyl (C=O) groups is 5. The number of ketones is 1. The lowest BCUT2D eigenvalue weighted by molar-refractivity contribution is -0.143. The number of Topliss-reactive ketones (excluding diaryl/α,β-unsaturated/α-hetero) is 1. The molecule has 2 saturated heterocycles. The number of fused-ring (bicyclic) bond motifs is 3. The Morgan fingerprint density at radius 2 is 1.53 bits per heavy atom. The highest BCUT2D eigenvalue weighted by atomic mass is 16.6. The Morgan fingerprint density at radius 1 is 0.974 bits per heavy atom. The number of nitrogens with zero attached hydrogens (tertiary/aromatic N) is 1. The molecule has 1 aliphatic carbocycles. The number of rotatable bonds is 3. The van der Waals surface area contributed by atoms with E-state index in [0.717, 1.165) is 44.9 Å². The van der Waals surface area contributed by atoms with Crippen LogP contribution in [0.3, 0.4) is 0 Å². The van der Waals surface area contributed by atoms with Crippen molar-refractivity contribution < 1.29 is 28.7 Å². The highest BCUT2D eigenvalue weighted by molar-refractivity contribution is 6.37. The second-order valence-corrected chi connectivity index (χ2v) is 12.8. The summed E-state index contributed by atoms with van der Waals surface area (Å²) in [4.78, 5) is 65.9. The molecule has 214 valence electrons. The number of hydrogen-bond donors (Lipinski definition) is 3. The fourth-order valence-electron chi connectivity index (χ4n) is 6.18. The van der Waals surface area contributed by atoms with Gasteiger partial charge in [-0.3, -0.25) is 19.2 Å². The number of hydrogen-bond acceptors (Lipinski definition) is 6. The standard InChI is InChI=1S/C28H46N4O6/c1-27(2,3)38-26(37)31-19-15-13-11-9-7-6-8-10-12-14-18(22(33)23(29)34)30-24(35)21-20-17(28(20,4)5)16-32(21)25(19)36/h17-21H,6-16H2,1-5H3,(H2,29,34)(H,30,35)(H,31,37)/t17?,18-,19-,20?,21-/m0/s1. The zero-order valence-electron chi connectivity index (χ0n) is 23.6. The van der Waals surface area contributed by atoms with Crippen molar-refractivity contribution in [3.63, 3.8) is 0 Å². The van der Waals surface area contributed by atoms with Crippen molar-refractivity contribution in [2.24, 2.45) is 23.0 Å². The van der Waals surface area contributed by atoms with Gasteiger partial charge < -0.3 is 26.0 Å². The van der Waals surface area contributed by atoms with Crippen molar-refractivity contribution in [1.29, 1.82) is 0 Å². The Labute approximate surface area is 226 Å². The molecule has 10 heteroatoms. The van der Waals surface area contributed by atoms with Gasteiger partial charge in [0.25, 0.3) is 5.91 Å². The van der Waals surface area contributed by atoms with Crippen LogP contribution in [0.4, 0.5) is 4.79 Å². The Hall–Kier alpha value is -2.65. The molecule has 0 aromatic rings. The Kier molecular flexibility index (Phi) is 9.47. The van der Waals surface area contributed by atoms with Gasteiger partial charge in [-0.2, -0.15) is 0 Å². The van der Waals surface area contributed by atoms with Crippen molar-refractivity contribution in [1.82, 2.24) is 15.5 Å². The lowest BCUT2D eigenvalue weighted by Crippen LogP contribution is -2.58. The molecule has 0 aromatic carbocycles. The molecular formula is C28H46N4O6. The summed E-state index contributed by atoms with van der Waals surface area (Å²) in [6.07, 6.45) is 7.54. The third-order valence-electron chi connectivity index (χ3n) is 8.36. The number of nitrogens with one attached hydrogen (secondary N) is 2. The molecule has 3 rings (SSSR count). The van der Waals surface area contributed by atoms with E-state index in [2.05, 4.69) is 24.5 Å². The Bertz CT molecular complexity index is 927. The quantitative estimate of drug-likeness (QED) is 0.474. The number of nitrogens with two attached hydrogens (primary N) is 1. The molecule has 0 spiro atoms. The van der Waals surface area contributed by atoms with Crippen molar-refractivity contribution in [2.75, 3.05) is 6.54 Å². The summed E-state index contributed by atoms with van der Waals surface area (Å²) in [5, 5.41) is 5.53. The van der Waals surface area contributed by atoms with E-state index in [-0.39, 0.29) is 23.2 Å². The molecule has 2 unspecified atom stereocenters. The molecule has 2 aliphatic heterocycles. The highest BCUT2D eigenvalue weighted by Crippen LogP contribution is 2.65. The maximum Gasteiger partial charge on any atom is 0.408 e. The normalized spacial score (nSPS) is 30.8. The summed E-state index contributed by atoms with van der Waals surface area (Å²) >= 11 is 0. The van der Waals surface area contributed by atoms with Gasteiger partial charge in [0.1, 0.15) is 17.7 Å². The maximum absolute atomic E-state index is 13.9. The molecule has 0 aromatic heterocycles. The van der Waals surface area contributed by atoms with Crippen molar-refractivity contribution >= 4 is 29.6 Å². The van der Waals surface area contributed by atoms with Gasteiger partial charge in [0.2, 0.25) is 17.6 Å². The van der Waals surface area contributed by atoms with E-state index >= 15 is 0 Å². The highest BCUT2D eigenvalue weighted by Gasteiger charge is 2.69. The molecule has 10 nitrogen and oxygen atoms in total. The molecule has 0 radical (unpaired) electrons. The van der Waals surface area contributed by atoms with Crippen LogP contribution in [0, 0.1) is 17.3 Å². The van der Waals surface area contributed by atoms with E-state index in [0.29, 0.717) is 25.8 Å². The first-order valence-electron chi connectivity index (χ1n) is 14.2. The van der Waals surface area contributed by atoms with Crippen LogP contribution < -0.4 is 16.4 Å². The Balaban J connectivity index is 1.86. The first kappa shape index (κ1) is 29.9. The van der Waals surface area contributed by atoms with Gasteiger partial charge in [-0.1, -0.05) is 65.2 Å². The zero-order valence-corrected chi connectivity index (χ0v) is 23.6. The minimum atomic E-state index is -1.08. The summed E-state index contributed by atoms with van der Waals surface area (Å²) in [7, 11) is 0. The summed E-state index contributed by atoms with van der Waals surface area (Å²) in [5.41, 5.74) is 4.44. The van der Waals surface area contributed by atoms with Gasteiger partial charge in [0, 0.05) is 6.54 Å². The summed E-state index contributed by atoms with van der Waals surface area (Å²) in [6, 6.07) is -2.62. The third kappa shape index (κ3) is 7.26. The van der Waals surface area contributed by atoms with Crippen molar-refractivity contribution in [3.05, 3.63) is 0 Å². The fraction of sp³-hybridized carbons (Fsp3) is 0.821. The van der Waals surface area contributed by atoms with E-state index in [9.17, 15) is 24.0 Å². The minimum absolute atomic E-state index is 0.0694. The van der Waals surface area contributed by atoms with E-state index in [1.54, 1.807) is 25.7 Å². The first-order valence-corrected chi connectivity index (χ1v) is 14.2. The SMILES string of the molecule is CC(C)(C)OC(=O)N[C@H]1CCCCCCCCCC[C@@H](C(=O)C(N)=O)NC(=O)[C@@H]2C3C(CN2C1=O)C3(C)C. The van der Waals surface area contributed by atoms with Crippen LogP contribution in [0.15, 0.2) is 0 Å². The van der Waals surface area contributed by atoms with E-state index in [1.165, 1.54) is 0 Å². The van der Waals surface area contributed by atoms with Gasteiger partial charge in [0.05, 0.1) is 6.04 Å². The summed E-state index contributed by atoms with van der Waals surface area (Å²) < 4.78 is 5.42. The molecule has 2 heterocycles. The van der Waals surface area contributed by atoms with E-state index in [1.807, 2.05) is 0 Å². The lowest BCUT2D eigenvalue weighted by atomic mass is 9.97. The minimum Gasteiger partial charge on any atom is -0.444 e. The molecule has 3 fully saturated rings. The molecule has 1 saturated carbocycles. The van der Waals surface area contributed by atoms with Crippen LogP contribution in [0.25, 0.3) is 0 Å². The topological polar surface area (TPSA) is 148 Å². The smallest absolute Gasteiger partial charge is 0.408 e. The summed E-state index contributed by atoms with van der Waals surface area (Å²) in [5.74, 6) is -2.59. The molecular weight excluding hydrogens is 488 g/mol. The fourth-order valence-corrected chi connectivity index (χ4v) is 6.18. The number of primary amides is 1. The second-order valence-electron chi connectivity index (χ2n) is 12.8. The molecule has 4 amide bonds. The van der Waals surface area contributed by atoms with Crippen molar-refractivity contribution in [3.8, 4) is 0 Å². The monoisotopic (exact) mass is 534 g/mol. The van der Waals surface area contributed by atoms with E-state index in [4.69, 9.17) is 10.5 Å². The Morgan fingerprint density at radius 3 is 2.08 bits per heavy atom. The van der Waals surface area contributed by atoms with Crippen LogP contribution in [0.1, 0.15) is 98.8 Å². The number of alkyl carbamates (subject to hydrolysis) is 1. The molecule has 0 bridgehead atoms. The number of amides is 4. The van der Waals surface area contributed by atoms with E-state index < -0.39 is 47.4 Å². The zero-order chi connectivity index (χ0) is 28.3. The maximum atomic E-state index is 13.9. The second kappa shape index (κ2) is 12.0. The third-order valence-corrected chi connectivity index (χ3v) is 8.36. The predicted octanol–water partition coefficient (Wildman–Crippen LogP) is 2.82. The number of piperidine rings is 1. The van der Waals surface area contributed by atoms with Crippen LogP contribution in [0.2, 0.25) is 0 Å². The molecule has 4 N–H and O–H groups in total. The first-order chi connectivity index (χ1) is 17.7. The van der Waals surface area contributed by atoms with Gasteiger partial charge in [0.15, 0.2) is 0 Å². The van der Waals surface area contributed by atoms with Crippen molar-refractivity contribution in [2.45, 2.75) is 123 Å². The number of ether oxygens (including phenoxy) is 1. The largest absolute Gasteiger partial charge is 0.444 e. The molecule has 38 heavy (non-hydrogen) atoms. The molecule has 5 atom stereocenters. The predicted molar refractivity (Wildman–Crippen MR) is 142 cm³/mol. The average Bonchev–Trinajstić information content (AvgIpc) is 3.14. The van der Waals surface area contributed by atoms with Crippen LogP contribution >= 0.6 is 0 Å².